The van der Waals surface area contributed by atoms with Gasteiger partial charge in [-0.2, -0.15) is 18.3 Å². The minimum Gasteiger partial charge on any atom is -0.324 e. The van der Waals surface area contributed by atoms with E-state index in [9.17, 15) is 26.7 Å². The fourth-order valence-electron chi connectivity index (χ4n) is 1.58. The second kappa shape index (κ2) is 6.18. The molecule has 1 amide bonds. The fraction of sp³-hybridized carbons (Fsp3) is 0.167. The van der Waals surface area contributed by atoms with Crippen molar-refractivity contribution in [1.82, 2.24) is 9.78 Å². The van der Waals surface area contributed by atoms with E-state index < -0.39 is 36.0 Å². The third kappa shape index (κ3) is 3.93. The van der Waals surface area contributed by atoms with Crippen molar-refractivity contribution in [3.63, 3.8) is 0 Å². The Morgan fingerprint density at radius 3 is 2.36 bits per heavy atom. The van der Waals surface area contributed by atoms with E-state index in [0.29, 0.717) is 0 Å². The Bertz CT molecular complexity index is 690. The molecule has 2 aromatic rings. The first-order valence-corrected chi connectivity index (χ1v) is 6.80. The molecular formula is C12H7F5IN3O. The highest BCUT2D eigenvalue weighted by molar-refractivity contribution is 14.1. The topological polar surface area (TPSA) is 46.9 Å². The molecule has 22 heavy (non-hydrogen) atoms. The summed E-state index contributed by atoms with van der Waals surface area (Å²) in [5.41, 5.74) is -1.27. The molecule has 1 aromatic heterocycles. The van der Waals surface area contributed by atoms with E-state index in [1.54, 1.807) is 0 Å². The van der Waals surface area contributed by atoms with Gasteiger partial charge in [-0.25, -0.2) is 8.78 Å². The number of anilines is 1. The van der Waals surface area contributed by atoms with Crippen LogP contribution in [0.4, 0.5) is 27.6 Å². The second-order valence-electron chi connectivity index (χ2n) is 4.20. The van der Waals surface area contributed by atoms with Crippen LogP contribution in [0, 0.1) is 15.2 Å². The van der Waals surface area contributed by atoms with Crippen LogP contribution in [-0.4, -0.2) is 15.7 Å². The largest absolute Gasteiger partial charge is 0.435 e. The quantitative estimate of drug-likeness (QED) is 0.460. The molecular weight excluding hydrogens is 424 g/mol. The first-order chi connectivity index (χ1) is 10.2. The number of halogens is 6. The number of rotatable bonds is 3. The molecule has 4 nitrogen and oxygen atoms in total. The van der Waals surface area contributed by atoms with Gasteiger partial charge in [-0.3, -0.25) is 9.48 Å². The van der Waals surface area contributed by atoms with Crippen LogP contribution in [0.3, 0.4) is 0 Å². The Hall–Kier alpha value is -1.72. The molecule has 0 aliphatic heterocycles. The van der Waals surface area contributed by atoms with Crippen molar-refractivity contribution < 1.29 is 26.7 Å². The standard InChI is InChI=1S/C12H7F5IN3O/c13-7-3-6(4-8(14)11(7)18)19-10(22)5-21-2-1-9(20-21)12(15,16)17/h1-4H,5H2,(H,19,22). The highest BCUT2D eigenvalue weighted by atomic mass is 127. The molecule has 0 unspecified atom stereocenters. The Kier molecular flexibility index (Phi) is 4.68. The van der Waals surface area contributed by atoms with Gasteiger partial charge in [0, 0.05) is 11.9 Å². The number of nitrogens with one attached hydrogen (secondary N) is 1. The number of amides is 1. The summed E-state index contributed by atoms with van der Waals surface area (Å²) >= 11 is 1.46. The molecule has 0 atom stereocenters. The van der Waals surface area contributed by atoms with Crippen molar-refractivity contribution in [3.05, 3.63) is 45.3 Å². The minimum atomic E-state index is -4.61. The SMILES string of the molecule is O=C(Cn1ccc(C(F)(F)F)n1)Nc1cc(F)c(I)c(F)c1. The number of carbonyl (C=O) groups excluding carboxylic acids is 1. The lowest BCUT2D eigenvalue weighted by atomic mass is 10.3. The number of benzene rings is 1. The monoisotopic (exact) mass is 431 g/mol. The first kappa shape index (κ1) is 16.6. The molecule has 2 rings (SSSR count). The molecule has 0 saturated heterocycles. The first-order valence-electron chi connectivity index (χ1n) is 5.72. The molecule has 0 spiro atoms. The Labute approximate surface area is 134 Å². The van der Waals surface area contributed by atoms with E-state index in [4.69, 9.17) is 0 Å². The molecule has 0 bridgehead atoms. The maximum absolute atomic E-state index is 13.3. The van der Waals surface area contributed by atoms with Crippen LogP contribution >= 0.6 is 22.6 Å². The number of aromatic nitrogens is 2. The zero-order valence-electron chi connectivity index (χ0n) is 10.6. The smallest absolute Gasteiger partial charge is 0.324 e. The van der Waals surface area contributed by atoms with Gasteiger partial charge in [-0.1, -0.05) is 0 Å². The molecule has 1 aromatic carbocycles. The van der Waals surface area contributed by atoms with Crippen molar-refractivity contribution >= 4 is 34.2 Å². The molecule has 0 fully saturated rings. The molecule has 0 saturated carbocycles. The summed E-state index contributed by atoms with van der Waals surface area (Å²) in [5, 5.41) is 5.38. The van der Waals surface area contributed by atoms with E-state index in [-0.39, 0.29) is 9.26 Å². The summed E-state index contributed by atoms with van der Waals surface area (Å²) in [6.45, 7) is -0.523. The zero-order valence-corrected chi connectivity index (χ0v) is 12.7. The van der Waals surface area contributed by atoms with Crippen LogP contribution in [0.1, 0.15) is 5.69 Å². The molecule has 0 aliphatic rings. The molecule has 1 N–H and O–H groups in total. The molecule has 0 aliphatic carbocycles. The van der Waals surface area contributed by atoms with E-state index in [2.05, 4.69) is 10.4 Å². The van der Waals surface area contributed by atoms with Gasteiger partial charge >= 0.3 is 6.18 Å². The summed E-state index contributed by atoms with van der Waals surface area (Å²) in [6, 6.07) is 2.54. The normalized spacial score (nSPS) is 11.5. The maximum Gasteiger partial charge on any atom is 0.435 e. The lowest BCUT2D eigenvalue weighted by Gasteiger charge is -2.07. The van der Waals surface area contributed by atoms with E-state index in [0.717, 1.165) is 29.1 Å². The predicted octanol–water partition coefficient (Wildman–Crippen LogP) is 3.42. The van der Waals surface area contributed by atoms with Gasteiger partial charge in [-0.05, 0) is 40.8 Å². The van der Waals surface area contributed by atoms with E-state index in [1.807, 2.05) is 0 Å². The Balaban J connectivity index is 2.06. The summed E-state index contributed by atoms with van der Waals surface area (Å²) in [6.07, 6.45) is -3.62. The van der Waals surface area contributed by atoms with E-state index >= 15 is 0 Å². The van der Waals surface area contributed by atoms with Crippen LogP contribution in [-0.2, 0) is 17.5 Å². The molecule has 0 radical (unpaired) electrons. The second-order valence-corrected chi connectivity index (χ2v) is 5.28. The van der Waals surface area contributed by atoms with Gasteiger partial charge in [0.25, 0.3) is 0 Å². The molecule has 10 heteroatoms. The number of hydrogen-bond donors (Lipinski definition) is 1. The third-order valence-corrected chi connectivity index (χ3v) is 3.53. The van der Waals surface area contributed by atoms with Crippen LogP contribution < -0.4 is 5.32 Å². The summed E-state index contributed by atoms with van der Waals surface area (Å²) < 4.78 is 64.2. The van der Waals surface area contributed by atoms with Gasteiger partial charge < -0.3 is 5.32 Å². The van der Waals surface area contributed by atoms with Gasteiger partial charge in [0.2, 0.25) is 5.91 Å². The van der Waals surface area contributed by atoms with Gasteiger partial charge in [0.05, 0.1) is 3.57 Å². The van der Waals surface area contributed by atoms with Crippen molar-refractivity contribution in [2.45, 2.75) is 12.7 Å². The van der Waals surface area contributed by atoms with Crippen molar-refractivity contribution in [2.75, 3.05) is 5.32 Å². The zero-order chi connectivity index (χ0) is 16.5. The number of alkyl halides is 3. The predicted molar refractivity (Wildman–Crippen MR) is 74.9 cm³/mol. The van der Waals surface area contributed by atoms with Crippen LogP contribution in [0.15, 0.2) is 24.4 Å². The van der Waals surface area contributed by atoms with Crippen molar-refractivity contribution in [1.29, 1.82) is 0 Å². The van der Waals surface area contributed by atoms with Gasteiger partial charge in [-0.15, -0.1) is 0 Å². The minimum absolute atomic E-state index is 0.136. The fourth-order valence-corrected chi connectivity index (χ4v) is 1.89. The highest BCUT2D eigenvalue weighted by Gasteiger charge is 2.33. The summed E-state index contributed by atoms with van der Waals surface area (Å²) in [7, 11) is 0. The average molecular weight is 431 g/mol. The number of nitrogens with zero attached hydrogens (tertiary/aromatic N) is 2. The van der Waals surface area contributed by atoms with Crippen LogP contribution in [0.5, 0.6) is 0 Å². The third-order valence-electron chi connectivity index (χ3n) is 2.50. The summed E-state index contributed by atoms with van der Waals surface area (Å²) in [5.74, 6) is -2.47. The van der Waals surface area contributed by atoms with Crippen LogP contribution in [0.2, 0.25) is 0 Å². The highest BCUT2D eigenvalue weighted by Crippen LogP contribution is 2.27. The van der Waals surface area contributed by atoms with Crippen LogP contribution in [0.25, 0.3) is 0 Å². The van der Waals surface area contributed by atoms with Gasteiger partial charge in [0.1, 0.15) is 18.2 Å². The Morgan fingerprint density at radius 2 is 1.86 bits per heavy atom. The van der Waals surface area contributed by atoms with Crippen molar-refractivity contribution in [3.8, 4) is 0 Å². The Morgan fingerprint density at radius 1 is 1.27 bits per heavy atom. The maximum atomic E-state index is 13.3. The molecule has 118 valence electrons. The molecule has 1 heterocycles. The van der Waals surface area contributed by atoms with Gasteiger partial charge in [0.15, 0.2) is 5.69 Å². The average Bonchev–Trinajstić information content (AvgIpc) is 2.84. The number of carbonyl (C=O) groups is 1. The lowest BCUT2D eigenvalue weighted by molar-refractivity contribution is -0.141. The van der Waals surface area contributed by atoms with E-state index in [1.165, 1.54) is 22.6 Å². The summed E-state index contributed by atoms with van der Waals surface area (Å²) in [4.78, 5) is 11.6. The van der Waals surface area contributed by atoms with Crippen molar-refractivity contribution in [2.24, 2.45) is 0 Å². The lowest BCUT2D eigenvalue weighted by Crippen LogP contribution is -2.20. The number of hydrogen-bond acceptors (Lipinski definition) is 2.